The van der Waals surface area contributed by atoms with Crippen molar-refractivity contribution in [1.29, 1.82) is 0 Å². The summed E-state index contributed by atoms with van der Waals surface area (Å²) >= 11 is 1.64. The molecule has 0 saturated carbocycles. The van der Waals surface area contributed by atoms with E-state index in [4.69, 9.17) is 4.42 Å². The third-order valence-corrected chi connectivity index (χ3v) is 5.00. The number of amides is 1. The number of aromatic nitrogens is 4. The first kappa shape index (κ1) is 20.2. The van der Waals surface area contributed by atoms with Crippen LogP contribution in [0.25, 0.3) is 11.0 Å². The molecular formula is C19H26N6O2S. The van der Waals surface area contributed by atoms with E-state index in [0.29, 0.717) is 24.8 Å². The molecule has 1 amide bonds. The molecule has 28 heavy (non-hydrogen) atoms. The normalized spacial score (nSPS) is 11.3. The van der Waals surface area contributed by atoms with Gasteiger partial charge in [-0.2, -0.15) is 5.10 Å². The Labute approximate surface area is 168 Å². The van der Waals surface area contributed by atoms with E-state index in [1.165, 1.54) is 6.26 Å². The van der Waals surface area contributed by atoms with Crippen LogP contribution < -0.4 is 10.6 Å². The third-order valence-electron chi connectivity index (χ3n) is 3.94. The van der Waals surface area contributed by atoms with Crippen molar-refractivity contribution in [2.45, 2.75) is 38.9 Å². The lowest BCUT2D eigenvalue weighted by molar-refractivity contribution is 0.0924. The zero-order valence-electron chi connectivity index (χ0n) is 16.4. The quantitative estimate of drug-likeness (QED) is 0.396. The van der Waals surface area contributed by atoms with E-state index in [-0.39, 0.29) is 5.91 Å². The molecule has 0 aliphatic rings. The van der Waals surface area contributed by atoms with Gasteiger partial charge in [-0.1, -0.05) is 32.5 Å². The summed E-state index contributed by atoms with van der Waals surface area (Å²) in [7, 11) is 0. The summed E-state index contributed by atoms with van der Waals surface area (Å²) in [6.07, 6.45) is 4.31. The van der Waals surface area contributed by atoms with E-state index in [0.717, 1.165) is 40.7 Å². The standard InChI is InChI=1S/C19H26N6O2S/c1-4-10-28-19-23-16(21-11-13(2)3)14-12-22-25(17(14)24-19)8-7-20-18(26)15-6-5-9-27-15/h5-6,9,12-13H,4,7-8,10-11H2,1-3H3,(H,20,26)(H,21,23,24). The van der Waals surface area contributed by atoms with Gasteiger partial charge in [0.2, 0.25) is 0 Å². The highest BCUT2D eigenvalue weighted by atomic mass is 32.2. The van der Waals surface area contributed by atoms with Crippen molar-refractivity contribution in [1.82, 2.24) is 25.1 Å². The lowest BCUT2D eigenvalue weighted by Crippen LogP contribution is -2.27. The second kappa shape index (κ2) is 9.59. The van der Waals surface area contributed by atoms with Gasteiger partial charge in [0.25, 0.3) is 5.91 Å². The fraction of sp³-hybridized carbons (Fsp3) is 0.474. The highest BCUT2D eigenvalue weighted by molar-refractivity contribution is 7.99. The van der Waals surface area contributed by atoms with E-state index in [2.05, 4.69) is 46.5 Å². The van der Waals surface area contributed by atoms with E-state index >= 15 is 0 Å². The number of rotatable bonds is 10. The van der Waals surface area contributed by atoms with E-state index in [1.54, 1.807) is 34.8 Å². The van der Waals surface area contributed by atoms with Gasteiger partial charge in [0.05, 0.1) is 24.4 Å². The molecule has 150 valence electrons. The van der Waals surface area contributed by atoms with Gasteiger partial charge in [-0.05, 0) is 24.5 Å². The van der Waals surface area contributed by atoms with Crippen LogP contribution >= 0.6 is 11.8 Å². The predicted octanol–water partition coefficient (Wildman–Crippen LogP) is 3.42. The van der Waals surface area contributed by atoms with Crippen LogP contribution in [0, 0.1) is 5.92 Å². The minimum atomic E-state index is -0.241. The molecule has 8 nitrogen and oxygen atoms in total. The van der Waals surface area contributed by atoms with Gasteiger partial charge in [0, 0.05) is 18.8 Å². The Morgan fingerprint density at radius 1 is 1.36 bits per heavy atom. The number of carbonyl (C=O) groups excluding carboxylic acids is 1. The van der Waals surface area contributed by atoms with E-state index < -0.39 is 0 Å². The molecule has 0 unspecified atom stereocenters. The molecular weight excluding hydrogens is 376 g/mol. The Morgan fingerprint density at radius 3 is 2.93 bits per heavy atom. The zero-order chi connectivity index (χ0) is 19.9. The summed E-state index contributed by atoms with van der Waals surface area (Å²) in [4.78, 5) is 21.4. The molecule has 3 heterocycles. The van der Waals surface area contributed by atoms with Gasteiger partial charge < -0.3 is 15.1 Å². The van der Waals surface area contributed by atoms with Crippen molar-refractivity contribution < 1.29 is 9.21 Å². The number of anilines is 1. The van der Waals surface area contributed by atoms with Crippen LogP contribution in [0.3, 0.4) is 0 Å². The Bertz CT molecular complexity index is 907. The van der Waals surface area contributed by atoms with Crippen molar-refractivity contribution in [3.8, 4) is 0 Å². The highest BCUT2D eigenvalue weighted by Crippen LogP contribution is 2.25. The number of fused-ring (bicyclic) bond motifs is 1. The number of thioether (sulfide) groups is 1. The molecule has 0 aromatic carbocycles. The predicted molar refractivity (Wildman–Crippen MR) is 111 cm³/mol. The Morgan fingerprint density at radius 2 is 2.21 bits per heavy atom. The van der Waals surface area contributed by atoms with Crippen molar-refractivity contribution in [2.75, 3.05) is 24.2 Å². The summed E-state index contributed by atoms with van der Waals surface area (Å²) in [5, 5.41) is 12.3. The van der Waals surface area contributed by atoms with Gasteiger partial charge in [0.15, 0.2) is 16.6 Å². The molecule has 0 bridgehead atoms. The number of carbonyl (C=O) groups is 1. The second-order valence-electron chi connectivity index (χ2n) is 6.82. The largest absolute Gasteiger partial charge is 0.459 e. The first-order chi connectivity index (χ1) is 13.6. The average molecular weight is 403 g/mol. The van der Waals surface area contributed by atoms with Gasteiger partial charge in [-0.3, -0.25) is 4.79 Å². The minimum Gasteiger partial charge on any atom is -0.459 e. The number of hydrogen-bond acceptors (Lipinski definition) is 7. The fourth-order valence-electron chi connectivity index (χ4n) is 2.56. The molecule has 0 fully saturated rings. The smallest absolute Gasteiger partial charge is 0.287 e. The maximum atomic E-state index is 12.0. The second-order valence-corrected chi connectivity index (χ2v) is 7.88. The SMILES string of the molecule is CCCSc1nc(NCC(C)C)c2cnn(CCNC(=O)c3ccco3)c2n1. The molecule has 9 heteroatoms. The third kappa shape index (κ3) is 5.03. The number of nitrogens with zero attached hydrogens (tertiary/aromatic N) is 4. The summed E-state index contributed by atoms with van der Waals surface area (Å²) in [6.45, 7) is 8.21. The van der Waals surface area contributed by atoms with Crippen molar-refractivity contribution in [2.24, 2.45) is 5.92 Å². The Balaban J connectivity index is 1.76. The maximum absolute atomic E-state index is 12.0. The first-order valence-electron chi connectivity index (χ1n) is 9.50. The van der Waals surface area contributed by atoms with Crippen LogP contribution in [0.4, 0.5) is 5.82 Å². The van der Waals surface area contributed by atoms with Crippen molar-refractivity contribution >= 4 is 34.5 Å². The first-order valence-corrected chi connectivity index (χ1v) is 10.5. The molecule has 0 radical (unpaired) electrons. The van der Waals surface area contributed by atoms with E-state index in [1.807, 2.05) is 0 Å². The van der Waals surface area contributed by atoms with Gasteiger partial charge >= 0.3 is 0 Å². The van der Waals surface area contributed by atoms with Gasteiger partial charge in [-0.15, -0.1) is 0 Å². The molecule has 2 N–H and O–H groups in total. The molecule has 0 spiro atoms. The molecule has 0 aliphatic heterocycles. The Hall–Kier alpha value is -2.55. The van der Waals surface area contributed by atoms with Crippen molar-refractivity contribution in [3.63, 3.8) is 0 Å². The number of hydrogen-bond donors (Lipinski definition) is 2. The molecule has 0 aliphatic carbocycles. The molecule has 3 rings (SSSR count). The summed E-state index contributed by atoms with van der Waals surface area (Å²) in [6, 6.07) is 3.32. The molecule has 0 atom stereocenters. The van der Waals surface area contributed by atoms with Crippen LogP contribution in [0.15, 0.2) is 34.2 Å². The highest BCUT2D eigenvalue weighted by Gasteiger charge is 2.14. The van der Waals surface area contributed by atoms with E-state index in [9.17, 15) is 4.79 Å². The van der Waals surface area contributed by atoms with Crippen LogP contribution in [0.1, 0.15) is 37.7 Å². The summed E-state index contributed by atoms with van der Waals surface area (Å²) in [5.41, 5.74) is 0.770. The Kier molecular flexibility index (Phi) is 6.91. The number of furan rings is 1. The van der Waals surface area contributed by atoms with Crippen molar-refractivity contribution in [3.05, 3.63) is 30.4 Å². The summed E-state index contributed by atoms with van der Waals surface area (Å²) in [5.74, 6) is 2.33. The van der Waals surface area contributed by atoms with Gasteiger partial charge in [-0.25, -0.2) is 14.6 Å². The maximum Gasteiger partial charge on any atom is 0.287 e. The summed E-state index contributed by atoms with van der Waals surface area (Å²) < 4.78 is 6.90. The fourth-order valence-corrected chi connectivity index (χ4v) is 3.26. The average Bonchev–Trinajstić information content (AvgIpc) is 3.35. The monoisotopic (exact) mass is 402 g/mol. The van der Waals surface area contributed by atoms with Crippen LogP contribution in [0.2, 0.25) is 0 Å². The molecule has 0 saturated heterocycles. The molecule has 3 aromatic heterocycles. The van der Waals surface area contributed by atoms with Gasteiger partial charge in [0.1, 0.15) is 5.82 Å². The zero-order valence-corrected chi connectivity index (χ0v) is 17.3. The number of nitrogens with one attached hydrogen (secondary N) is 2. The minimum absolute atomic E-state index is 0.241. The lowest BCUT2D eigenvalue weighted by Gasteiger charge is -2.11. The van der Waals surface area contributed by atoms with Crippen LogP contribution in [-0.4, -0.2) is 44.5 Å². The van der Waals surface area contributed by atoms with Crippen LogP contribution in [-0.2, 0) is 6.54 Å². The molecule has 3 aromatic rings. The van der Waals surface area contributed by atoms with Crippen LogP contribution in [0.5, 0.6) is 0 Å². The lowest BCUT2D eigenvalue weighted by atomic mass is 10.2. The topological polar surface area (TPSA) is 97.9 Å².